The standard InChI is InChI=1S/C42H48Br2N4O3/c1-39(2,3)29-17-25(18-30(37(29)49)40(4,5)6)23-45-47-35-15-13-27(21-33(35)43)51-28-14-16-36(34(44)22-28)48-46-24-26-19-31(41(7,8)9)38(50)32(20-26)42(10,11)12/h13-24H,1-12H3. The first-order chi connectivity index (χ1) is 23.4. The highest BCUT2D eigenvalue weighted by Gasteiger charge is 2.35. The fraction of sp³-hybridized carbons (Fsp3) is 0.381. The largest absolute Gasteiger partial charge is 0.457 e. The van der Waals surface area contributed by atoms with Crippen LogP contribution in [-0.4, -0.2) is 11.6 Å². The Bertz CT molecular complexity index is 1780. The predicted octanol–water partition coefficient (Wildman–Crippen LogP) is 14.0. The van der Waals surface area contributed by atoms with Crippen molar-refractivity contribution in [2.75, 3.05) is 0 Å². The molecule has 268 valence electrons. The number of hydrogen-bond acceptors (Lipinski definition) is 7. The topological polar surface area (TPSA) is 92.8 Å². The van der Waals surface area contributed by atoms with E-state index in [0.717, 1.165) is 33.4 Å². The van der Waals surface area contributed by atoms with Crippen molar-refractivity contribution in [2.24, 2.45) is 42.1 Å². The van der Waals surface area contributed by atoms with Crippen LogP contribution in [0.15, 0.2) is 136 Å². The molecule has 0 spiro atoms. The van der Waals surface area contributed by atoms with Gasteiger partial charge >= 0.3 is 0 Å². The molecule has 0 bridgehead atoms. The highest BCUT2D eigenvalue weighted by molar-refractivity contribution is 9.11. The molecule has 0 heterocycles. The minimum absolute atomic E-state index is 0.0835. The van der Waals surface area contributed by atoms with Gasteiger partial charge in [0.05, 0.1) is 12.4 Å². The van der Waals surface area contributed by atoms with Crippen molar-refractivity contribution in [3.8, 4) is 11.5 Å². The Morgan fingerprint density at radius 3 is 1.06 bits per heavy atom. The van der Waals surface area contributed by atoms with Crippen molar-refractivity contribution in [3.63, 3.8) is 0 Å². The summed E-state index contributed by atoms with van der Waals surface area (Å²) in [5, 5.41) is 17.5. The van der Waals surface area contributed by atoms with E-state index in [1.54, 1.807) is 12.4 Å². The van der Waals surface area contributed by atoms with Crippen molar-refractivity contribution in [3.05, 3.63) is 115 Å². The number of azo groups is 2. The van der Waals surface area contributed by atoms with E-state index in [2.05, 4.69) is 52.3 Å². The van der Waals surface area contributed by atoms with E-state index >= 15 is 0 Å². The lowest BCUT2D eigenvalue weighted by molar-refractivity contribution is -0.114. The van der Waals surface area contributed by atoms with E-state index < -0.39 is 0 Å². The Morgan fingerprint density at radius 1 is 0.510 bits per heavy atom. The molecule has 2 aliphatic carbocycles. The molecule has 9 heteroatoms. The summed E-state index contributed by atoms with van der Waals surface area (Å²) in [6.07, 6.45) is 11.0. The first-order valence-electron chi connectivity index (χ1n) is 16.9. The second-order valence-corrected chi connectivity index (χ2v) is 18.6. The zero-order valence-corrected chi connectivity index (χ0v) is 34.9. The molecular weight excluding hydrogens is 768 g/mol. The first kappa shape index (κ1) is 40.0. The molecule has 51 heavy (non-hydrogen) atoms. The Labute approximate surface area is 319 Å². The van der Waals surface area contributed by atoms with Crippen molar-refractivity contribution >= 4 is 54.8 Å². The first-order valence-corrected chi connectivity index (χ1v) is 18.5. The van der Waals surface area contributed by atoms with Crippen molar-refractivity contribution in [2.45, 2.75) is 83.1 Å². The average molecular weight is 817 g/mol. The minimum atomic E-state index is -0.296. The number of nitrogens with zero attached hydrogens (tertiary/aromatic N) is 4. The van der Waals surface area contributed by atoms with E-state index in [1.807, 2.05) is 144 Å². The smallest absolute Gasteiger partial charge is 0.186 e. The number of halogens is 2. The highest BCUT2D eigenvalue weighted by atomic mass is 79.9. The summed E-state index contributed by atoms with van der Waals surface area (Å²) in [5.41, 5.74) is 4.79. The zero-order chi connectivity index (χ0) is 38.1. The summed E-state index contributed by atoms with van der Waals surface area (Å²) in [6.45, 7) is 24.5. The molecule has 0 fully saturated rings. The van der Waals surface area contributed by atoms with Gasteiger partial charge in [-0.25, -0.2) is 0 Å². The molecule has 7 nitrogen and oxygen atoms in total. The summed E-state index contributed by atoms with van der Waals surface area (Å²) in [4.78, 5) is 26.4. The Morgan fingerprint density at radius 2 is 0.804 bits per heavy atom. The fourth-order valence-corrected chi connectivity index (χ4v) is 6.27. The maximum Gasteiger partial charge on any atom is 0.186 e. The van der Waals surface area contributed by atoms with Gasteiger partial charge in [0, 0.05) is 31.2 Å². The summed E-state index contributed by atoms with van der Waals surface area (Å²) in [5.74, 6) is 1.39. The maximum absolute atomic E-state index is 13.2. The normalized spacial score (nSPS) is 16.4. The van der Waals surface area contributed by atoms with Gasteiger partial charge in [0.2, 0.25) is 0 Å². The van der Waals surface area contributed by atoms with Crippen LogP contribution in [0.4, 0.5) is 11.4 Å². The number of benzene rings is 2. The van der Waals surface area contributed by atoms with E-state index in [4.69, 9.17) is 4.74 Å². The van der Waals surface area contributed by atoms with Crippen LogP contribution in [0.2, 0.25) is 0 Å². The van der Waals surface area contributed by atoms with Gasteiger partial charge in [-0.1, -0.05) is 83.1 Å². The van der Waals surface area contributed by atoms with Gasteiger partial charge in [0.1, 0.15) is 22.9 Å². The number of ether oxygens (including phenoxy) is 1. The quantitative estimate of drug-likeness (QED) is 0.272. The van der Waals surface area contributed by atoms with Gasteiger partial charge in [-0.15, -0.1) is 10.2 Å². The molecule has 0 saturated heterocycles. The molecule has 4 rings (SSSR count). The lowest BCUT2D eigenvalue weighted by Crippen LogP contribution is -2.27. The molecule has 2 aromatic carbocycles. The van der Waals surface area contributed by atoms with Crippen LogP contribution >= 0.6 is 31.9 Å². The second kappa shape index (κ2) is 15.0. The molecule has 2 aliphatic rings. The summed E-state index contributed by atoms with van der Waals surface area (Å²) < 4.78 is 7.55. The molecule has 0 unspecified atom stereocenters. The third-order valence-electron chi connectivity index (χ3n) is 8.27. The Kier molecular flexibility index (Phi) is 11.8. The Balaban J connectivity index is 1.49. The van der Waals surface area contributed by atoms with Crippen LogP contribution in [0, 0.1) is 21.7 Å². The molecule has 0 aromatic heterocycles. The minimum Gasteiger partial charge on any atom is -0.457 e. The van der Waals surface area contributed by atoms with E-state index in [1.165, 1.54) is 0 Å². The summed E-state index contributed by atoms with van der Waals surface area (Å²) >= 11 is 7.19. The van der Waals surface area contributed by atoms with Gasteiger partial charge in [0.25, 0.3) is 0 Å². The van der Waals surface area contributed by atoms with E-state index in [-0.39, 0.29) is 33.2 Å². The molecule has 0 atom stereocenters. The number of rotatable bonds is 6. The number of hydrogen-bond donors (Lipinski definition) is 0. The second-order valence-electron chi connectivity index (χ2n) is 16.9. The molecule has 0 aliphatic heterocycles. The van der Waals surface area contributed by atoms with Gasteiger partial charge in [0.15, 0.2) is 11.6 Å². The van der Waals surface area contributed by atoms with Crippen LogP contribution < -0.4 is 4.74 Å². The molecular formula is C42H48Br2N4O3. The van der Waals surface area contributed by atoms with Crippen molar-refractivity contribution in [1.82, 2.24) is 0 Å². The van der Waals surface area contributed by atoms with Crippen LogP contribution in [0.5, 0.6) is 11.5 Å². The number of carbonyl (C=O) groups excluding carboxylic acids is 2. The Hall–Kier alpha value is -3.82. The van der Waals surface area contributed by atoms with Gasteiger partial charge in [-0.05, 0) is 125 Å². The van der Waals surface area contributed by atoms with Crippen LogP contribution in [0.1, 0.15) is 83.1 Å². The van der Waals surface area contributed by atoms with Gasteiger partial charge in [-0.3, -0.25) is 9.59 Å². The molecule has 0 radical (unpaired) electrons. The van der Waals surface area contributed by atoms with E-state index in [0.29, 0.717) is 31.8 Å². The SMILES string of the molecule is CC(C)(C)C1=CC(=CN=Nc2ccc(Oc3ccc(N=NC=C4C=C(C(C)(C)C)C(=O)C(C(C)(C)C)=C4)c(Br)c3)cc2Br)C=C(C(C)(C)C)C1=O. The third kappa shape index (κ3) is 10.2. The third-order valence-corrected chi connectivity index (χ3v) is 9.54. The molecule has 0 N–H and O–H groups in total. The lowest BCUT2D eigenvalue weighted by Gasteiger charge is -2.31. The van der Waals surface area contributed by atoms with Gasteiger partial charge in [-0.2, -0.15) is 10.2 Å². The maximum atomic E-state index is 13.2. The molecule has 0 saturated carbocycles. The van der Waals surface area contributed by atoms with Crippen molar-refractivity contribution in [1.29, 1.82) is 0 Å². The van der Waals surface area contributed by atoms with Gasteiger partial charge < -0.3 is 4.74 Å². The summed E-state index contributed by atoms with van der Waals surface area (Å²) in [7, 11) is 0. The lowest BCUT2D eigenvalue weighted by atomic mass is 9.72. The monoisotopic (exact) mass is 814 g/mol. The average Bonchev–Trinajstić information content (AvgIpc) is 2.98. The number of carbonyl (C=O) groups is 2. The summed E-state index contributed by atoms with van der Waals surface area (Å²) in [6, 6.07) is 10.9. The zero-order valence-electron chi connectivity index (χ0n) is 31.7. The van der Waals surface area contributed by atoms with Crippen LogP contribution in [0.25, 0.3) is 0 Å². The van der Waals surface area contributed by atoms with Crippen molar-refractivity contribution < 1.29 is 14.3 Å². The number of Topliss-reactive ketones (excluding diaryl/α,β-unsaturated/α-hetero) is 2. The predicted molar refractivity (Wildman–Crippen MR) is 214 cm³/mol. The molecule has 0 amide bonds. The highest BCUT2D eigenvalue weighted by Crippen LogP contribution is 2.41. The van der Waals surface area contributed by atoms with Crippen LogP contribution in [0.3, 0.4) is 0 Å². The number of ketones is 2. The van der Waals surface area contributed by atoms with E-state index in [9.17, 15) is 9.59 Å². The number of allylic oxidation sites excluding steroid dienone is 10. The fourth-order valence-electron chi connectivity index (χ4n) is 5.40. The van der Waals surface area contributed by atoms with Crippen LogP contribution in [-0.2, 0) is 9.59 Å². The molecule has 2 aromatic rings.